The number of sulfone groups is 1. The SMILES string of the molecule is CCNC(=NCC1(c2ccc(F)cc2)CCCC1)NC(C)CCS(C)(=O)=O. The van der Waals surface area contributed by atoms with Crippen LogP contribution in [0.3, 0.4) is 0 Å². The summed E-state index contributed by atoms with van der Waals surface area (Å²) in [5.41, 5.74) is 1.10. The van der Waals surface area contributed by atoms with Crippen molar-refractivity contribution in [2.45, 2.75) is 57.4 Å². The van der Waals surface area contributed by atoms with E-state index in [1.54, 1.807) is 0 Å². The van der Waals surface area contributed by atoms with Gasteiger partial charge in [0.15, 0.2) is 5.96 Å². The lowest BCUT2D eigenvalue weighted by molar-refractivity contribution is 0.450. The number of rotatable bonds is 8. The van der Waals surface area contributed by atoms with E-state index < -0.39 is 9.84 Å². The van der Waals surface area contributed by atoms with Gasteiger partial charge in [0.05, 0.1) is 12.3 Å². The maximum atomic E-state index is 13.3. The highest BCUT2D eigenvalue weighted by Gasteiger charge is 2.35. The molecule has 0 aromatic heterocycles. The van der Waals surface area contributed by atoms with Crippen LogP contribution in [0.1, 0.15) is 51.5 Å². The molecule has 1 aliphatic carbocycles. The van der Waals surface area contributed by atoms with Crippen LogP contribution in [0.2, 0.25) is 0 Å². The molecule has 1 unspecified atom stereocenters. The maximum absolute atomic E-state index is 13.3. The molecule has 2 N–H and O–H groups in total. The van der Waals surface area contributed by atoms with Crippen LogP contribution in [0.5, 0.6) is 0 Å². The number of guanidine groups is 1. The Morgan fingerprint density at radius 2 is 1.89 bits per heavy atom. The monoisotopic (exact) mass is 397 g/mol. The lowest BCUT2D eigenvalue weighted by atomic mass is 9.79. The van der Waals surface area contributed by atoms with Gasteiger partial charge in [-0.15, -0.1) is 0 Å². The third-order valence-corrected chi connectivity index (χ3v) is 6.18. The second kappa shape index (κ2) is 9.53. The van der Waals surface area contributed by atoms with Crippen molar-refractivity contribution in [3.05, 3.63) is 35.6 Å². The highest BCUT2D eigenvalue weighted by atomic mass is 32.2. The molecule has 0 aliphatic heterocycles. The molecule has 1 fully saturated rings. The van der Waals surface area contributed by atoms with E-state index in [9.17, 15) is 12.8 Å². The first-order valence-corrected chi connectivity index (χ1v) is 11.8. The van der Waals surface area contributed by atoms with Gasteiger partial charge in [0, 0.05) is 24.3 Å². The summed E-state index contributed by atoms with van der Waals surface area (Å²) in [6.07, 6.45) is 6.19. The summed E-state index contributed by atoms with van der Waals surface area (Å²) in [5, 5.41) is 6.55. The van der Waals surface area contributed by atoms with Crippen LogP contribution >= 0.6 is 0 Å². The van der Waals surface area contributed by atoms with Crippen LogP contribution in [0.4, 0.5) is 4.39 Å². The van der Waals surface area contributed by atoms with Crippen LogP contribution in [0, 0.1) is 5.82 Å². The molecule has 0 saturated heterocycles. The van der Waals surface area contributed by atoms with E-state index in [1.807, 2.05) is 26.0 Å². The van der Waals surface area contributed by atoms with Crippen molar-refractivity contribution >= 4 is 15.8 Å². The molecule has 7 heteroatoms. The number of aliphatic imine (C=N–C) groups is 1. The molecule has 0 bridgehead atoms. The molecule has 27 heavy (non-hydrogen) atoms. The average molecular weight is 398 g/mol. The molecule has 1 aliphatic rings. The Morgan fingerprint density at radius 1 is 1.26 bits per heavy atom. The highest BCUT2D eigenvalue weighted by Crippen LogP contribution is 2.41. The molecule has 0 spiro atoms. The summed E-state index contributed by atoms with van der Waals surface area (Å²) in [4.78, 5) is 4.80. The van der Waals surface area contributed by atoms with E-state index >= 15 is 0 Å². The Labute approximate surface area is 162 Å². The molecule has 2 rings (SSSR count). The zero-order chi connectivity index (χ0) is 19.9. The number of nitrogens with zero attached hydrogens (tertiary/aromatic N) is 1. The van der Waals surface area contributed by atoms with Crippen LogP contribution in [-0.2, 0) is 15.3 Å². The molecule has 1 aromatic carbocycles. The predicted molar refractivity (Wildman–Crippen MR) is 109 cm³/mol. The zero-order valence-corrected chi connectivity index (χ0v) is 17.4. The standard InChI is InChI=1S/C20H32FN3O2S/c1-4-22-19(24-16(2)11-14-27(3,25)26)23-15-20(12-5-6-13-20)17-7-9-18(21)10-8-17/h7-10,16H,4-6,11-15H2,1-3H3,(H2,22,23,24). The third kappa shape index (κ3) is 6.79. The number of benzene rings is 1. The van der Waals surface area contributed by atoms with Crippen molar-refractivity contribution < 1.29 is 12.8 Å². The largest absolute Gasteiger partial charge is 0.357 e. The molecule has 1 atom stereocenters. The minimum atomic E-state index is -2.97. The van der Waals surface area contributed by atoms with Gasteiger partial charge in [-0.25, -0.2) is 12.8 Å². The lowest BCUT2D eigenvalue weighted by Crippen LogP contribution is -2.43. The minimum Gasteiger partial charge on any atom is -0.357 e. The van der Waals surface area contributed by atoms with E-state index in [2.05, 4.69) is 10.6 Å². The summed E-state index contributed by atoms with van der Waals surface area (Å²) in [5.74, 6) is 0.636. The average Bonchev–Trinajstić information content (AvgIpc) is 3.08. The van der Waals surface area contributed by atoms with Crippen molar-refractivity contribution in [2.24, 2.45) is 4.99 Å². The number of hydrogen-bond donors (Lipinski definition) is 2. The number of nitrogens with one attached hydrogen (secondary N) is 2. The number of hydrogen-bond acceptors (Lipinski definition) is 3. The first-order valence-electron chi connectivity index (χ1n) is 9.73. The topological polar surface area (TPSA) is 70.6 Å². The summed E-state index contributed by atoms with van der Waals surface area (Å²) in [6.45, 7) is 5.33. The quantitative estimate of drug-likeness (QED) is 0.523. The minimum absolute atomic E-state index is 0.00266. The van der Waals surface area contributed by atoms with Crippen molar-refractivity contribution in [1.82, 2.24) is 10.6 Å². The zero-order valence-electron chi connectivity index (χ0n) is 16.6. The Hall–Kier alpha value is -1.63. The molecule has 1 aromatic rings. The van der Waals surface area contributed by atoms with E-state index in [0.717, 1.165) is 37.8 Å². The van der Waals surface area contributed by atoms with Gasteiger partial charge in [0.1, 0.15) is 15.7 Å². The Balaban J connectivity index is 2.09. The molecule has 0 radical (unpaired) electrons. The first kappa shape index (κ1) is 21.7. The fraction of sp³-hybridized carbons (Fsp3) is 0.650. The van der Waals surface area contributed by atoms with E-state index in [1.165, 1.54) is 18.4 Å². The van der Waals surface area contributed by atoms with Crippen molar-refractivity contribution in [2.75, 3.05) is 25.1 Å². The first-order chi connectivity index (χ1) is 12.7. The third-order valence-electron chi connectivity index (χ3n) is 5.21. The maximum Gasteiger partial charge on any atom is 0.191 e. The van der Waals surface area contributed by atoms with Gasteiger partial charge in [0.2, 0.25) is 0 Å². The summed E-state index contributed by atoms with van der Waals surface area (Å²) >= 11 is 0. The fourth-order valence-corrected chi connectivity index (χ4v) is 4.42. The van der Waals surface area contributed by atoms with Gasteiger partial charge in [0.25, 0.3) is 0 Å². The molecule has 5 nitrogen and oxygen atoms in total. The van der Waals surface area contributed by atoms with Crippen molar-refractivity contribution in [3.8, 4) is 0 Å². The molecule has 152 valence electrons. The molecule has 0 amide bonds. The second-order valence-electron chi connectivity index (χ2n) is 7.65. The van der Waals surface area contributed by atoms with E-state index in [4.69, 9.17) is 4.99 Å². The molecule has 1 saturated carbocycles. The van der Waals surface area contributed by atoms with Gasteiger partial charge in [-0.2, -0.15) is 0 Å². The van der Waals surface area contributed by atoms with Crippen LogP contribution in [-0.4, -0.2) is 45.5 Å². The normalized spacial score (nSPS) is 18.3. The summed E-state index contributed by atoms with van der Waals surface area (Å²) in [6, 6.07) is 6.81. The second-order valence-corrected chi connectivity index (χ2v) is 9.91. The van der Waals surface area contributed by atoms with Gasteiger partial charge < -0.3 is 10.6 Å². The van der Waals surface area contributed by atoms with Crippen LogP contribution in [0.25, 0.3) is 0 Å². The smallest absolute Gasteiger partial charge is 0.191 e. The molecular weight excluding hydrogens is 365 g/mol. The van der Waals surface area contributed by atoms with Crippen LogP contribution in [0.15, 0.2) is 29.3 Å². The Bertz CT molecular complexity index is 726. The lowest BCUT2D eigenvalue weighted by Gasteiger charge is -2.28. The van der Waals surface area contributed by atoms with Crippen LogP contribution < -0.4 is 10.6 Å². The van der Waals surface area contributed by atoms with Crippen molar-refractivity contribution in [1.29, 1.82) is 0 Å². The number of halogens is 1. The summed E-state index contributed by atoms with van der Waals surface area (Å²) < 4.78 is 36.1. The fourth-order valence-electron chi connectivity index (χ4n) is 3.64. The predicted octanol–water partition coefficient (Wildman–Crippen LogP) is 3.02. The Kier molecular flexibility index (Phi) is 7.65. The van der Waals surface area contributed by atoms with Gasteiger partial charge >= 0.3 is 0 Å². The molecule has 0 heterocycles. The highest BCUT2D eigenvalue weighted by molar-refractivity contribution is 7.90. The Morgan fingerprint density at radius 3 is 2.44 bits per heavy atom. The van der Waals surface area contributed by atoms with Gasteiger partial charge in [-0.3, -0.25) is 4.99 Å². The van der Waals surface area contributed by atoms with Crippen molar-refractivity contribution in [3.63, 3.8) is 0 Å². The van der Waals surface area contributed by atoms with E-state index in [-0.39, 0.29) is 23.0 Å². The van der Waals surface area contributed by atoms with Gasteiger partial charge in [-0.05, 0) is 50.8 Å². The van der Waals surface area contributed by atoms with E-state index in [0.29, 0.717) is 18.9 Å². The molecular formula is C20H32FN3O2S. The van der Waals surface area contributed by atoms with Gasteiger partial charge in [-0.1, -0.05) is 25.0 Å². The summed E-state index contributed by atoms with van der Waals surface area (Å²) in [7, 11) is -2.97.